The van der Waals surface area contributed by atoms with Crippen molar-refractivity contribution >= 4 is 40.1 Å². The average molecular weight is 421 g/mol. The molecule has 1 aromatic rings. The van der Waals surface area contributed by atoms with Gasteiger partial charge in [0, 0.05) is 35.3 Å². The quantitative estimate of drug-likeness (QED) is 0.693. The maximum atomic E-state index is 12.5. The van der Waals surface area contributed by atoms with Crippen LogP contribution in [0.5, 0.6) is 0 Å². The van der Waals surface area contributed by atoms with Gasteiger partial charge in [-0.05, 0) is 59.7 Å². The summed E-state index contributed by atoms with van der Waals surface area (Å²) in [5.74, 6) is 0.829. The van der Waals surface area contributed by atoms with Gasteiger partial charge in [0.05, 0.1) is 5.02 Å². The lowest BCUT2D eigenvalue weighted by Crippen LogP contribution is -2.49. The molecule has 0 aromatic heterocycles. The van der Waals surface area contributed by atoms with E-state index in [0.29, 0.717) is 10.6 Å². The van der Waals surface area contributed by atoms with E-state index in [1.807, 2.05) is 17.0 Å². The number of carbonyl (C=O) groups is 1. The van der Waals surface area contributed by atoms with Crippen molar-refractivity contribution in [3.8, 4) is 0 Å². The van der Waals surface area contributed by atoms with Gasteiger partial charge in [-0.1, -0.05) is 25.4 Å². The van der Waals surface area contributed by atoms with Crippen LogP contribution in [0, 0.1) is 9.49 Å². The molecule has 0 aliphatic carbocycles. The molecule has 5 heteroatoms. The Morgan fingerprint density at radius 2 is 1.95 bits per heavy atom. The lowest BCUT2D eigenvalue weighted by Gasteiger charge is -2.35. The monoisotopic (exact) mass is 420 g/mol. The summed E-state index contributed by atoms with van der Waals surface area (Å²) in [6.07, 6.45) is 1.22. The predicted molar refractivity (Wildman–Crippen MR) is 96.0 cm³/mol. The van der Waals surface area contributed by atoms with Crippen molar-refractivity contribution in [1.82, 2.24) is 9.80 Å². The number of piperazine rings is 1. The van der Waals surface area contributed by atoms with E-state index in [-0.39, 0.29) is 5.91 Å². The second-order valence-corrected chi connectivity index (χ2v) is 7.51. The number of halogens is 2. The van der Waals surface area contributed by atoms with Crippen molar-refractivity contribution in [1.29, 1.82) is 0 Å². The normalized spacial score (nSPS) is 16.5. The van der Waals surface area contributed by atoms with Crippen molar-refractivity contribution in [2.45, 2.75) is 20.3 Å². The summed E-state index contributed by atoms with van der Waals surface area (Å²) in [5.41, 5.74) is 0.691. The molecule has 21 heavy (non-hydrogen) atoms. The summed E-state index contributed by atoms with van der Waals surface area (Å²) >= 11 is 8.28. The molecule has 1 aromatic carbocycles. The van der Waals surface area contributed by atoms with Gasteiger partial charge in [0.1, 0.15) is 0 Å². The maximum Gasteiger partial charge on any atom is 0.253 e. The molecule has 0 radical (unpaired) electrons. The van der Waals surface area contributed by atoms with Gasteiger partial charge < -0.3 is 4.90 Å². The van der Waals surface area contributed by atoms with Gasteiger partial charge in [-0.3, -0.25) is 9.69 Å². The van der Waals surface area contributed by atoms with Crippen LogP contribution in [0.1, 0.15) is 30.6 Å². The summed E-state index contributed by atoms with van der Waals surface area (Å²) in [5, 5.41) is 0.650. The Hall–Kier alpha value is -0.330. The minimum absolute atomic E-state index is 0.0943. The van der Waals surface area contributed by atoms with Crippen molar-refractivity contribution in [2.75, 3.05) is 32.7 Å². The molecule has 0 unspecified atom stereocenters. The highest BCUT2D eigenvalue weighted by Crippen LogP contribution is 2.21. The Morgan fingerprint density at radius 3 is 2.52 bits per heavy atom. The minimum atomic E-state index is 0.0943. The first-order valence-electron chi connectivity index (χ1n) is 7.44. The number of amides is 1. The minimum Gasteiger partial charge on any atom is -0.336 e. The van der Waals surface area contributed by atoms with E-state index in [9.17, 15) is 4.79 Å². The van der Waals surface area contributed by atoms with E-state index in [0.717, 1.165) is 42.2 Å². The molecule has 1 heterocycles. The molecule has 1 aliphatic heterocycles. The predicted octanol–water partition coefficient (Wildman–Crippen LogP) is 3.75. The molecule has 0 bridgehead atoms. The molecule has 1 fully saturated rings. The highest BCUT2D eigenvalue weighted by Gasteiger charge is 2.22. The van der Waals surface area contributed by atoms with Crippen molar-refractivity contribution < 1.29 is 4.79 Å². The van der Waals surface area contributed by atoms with Gasteiger partial charge >= 0.3 is 0 Å². The van der Waals surface area contributed by atoms with Crippen LogP contribution in [-0.2, 0) is 0 Å². The Bertz CT molecular complexity index is 499. The Kier molecular flexibility index (Phi) is 6.32. The zero-order chi connectivity index (χ0) is 15.4. The molecule has 0 saturated carbocycles. The first-order valence-corrected chi connectivity index (χ1v) is 8.89. The van der Waals surface area contributed by atoms with Crippen molar-refractivity contribution in [2.24, 2.45) is 5.92 Å². The molecule has 116 valence electrons. The molecule has 0 atom stereocenters. The van der Waals surface area contributed by atoms with Crippen LogP contribution in [-0.4, -0.2) is 48.4 Å². The first-order chi connectivity index (χ1) is 9.97. The standard InChI is InChI=1S/C16H22ClIN2O/c1-12(2)5-6-19-7-9-20(10-8-19)16(21)13-3-4-15(18)14(17)11-13/h3-4,11-12H,5-10H2,1-2H3. The second kappa shape index (κ2) is 7.79. The number of nitrogens with zero attached hydrogens (tertiary/aromatic N) is 2. The number of rotatable bonds is 4. The van der Waals surface area contributed by atoms with Gasteiger partial charge in [0.25, 0.3) is 5.91 Å². The Labute approximate surface area is 145 Å². The highest BCUT2D eigenvalue weighted by molar-refractivity contribution is 14.1. The van der Waals surface area contributed by atoms with E-state index in [1.165, 1.54) is 6.42 Å². The zero-order valence-electron chi connectivity index (χ0n) is 12.6. The van der Waals surface area contributed by atoms with Crippen LogP contribution in [0.4, 0.5) is 0 Å². The van der Waals surface area contributed by atoms with Crippen LogP contribution in [0.25, 0.3) is 0 Å². The third-order valence-corrected chi connectivity index (χ3v) is 5.42. The molecule has 3 nitrogen and oxygen atoms in total. The van der Waals surface area contributed by atoms with Crippen LogP contribution < -0.4 is 0 Å². The van der Waals surface area contributed by atoms with E-state index in [2.05, 4.69) is 41.3 Å². The molecule has 0 spiro atoms. The van der Waals surface area contributed by atoms with Crippen LogP contribution >= 0.6 is 34.2 Å². The molecular weight excluding hydrogens is 399 g/mol. The van der Waals surface area contributed by atoms with Crippen LogP contribution in [0.3, 0.4) is 0 Å². The largest absolute Gasteiger partial charge is 0.336 e. The van der Waals surface area contributed by atoms with Gasteiger partial charge in [-0.25, -0.2) is 0 Å². The summed E-state index contributed by atoms with van der Waals surface area (Å²) in [4.78, 5) is 16.9. The van der Waals surface area contributed by atoms with Crippen molar-refractivity contribution in [3.05, 3.63) is 32.4 Å². The number of benzene rings is 1. The van der Waals surface area contributed by atoms with E-state index in [4.69, 9.17) is 11.6 Å². The average Bonchev–Trinajstić information content (AvgIpc) is 2.48. The smallest absolute Gasteiger partial charge is 0.253 e. The summed E-state index contributed by atoms with van der Waals surface area (Å²) in [6.45, 7) is 9.18. The fraction of sp³-hybridized carbons (Fsp3) is 0.562. The molecule has 1 amide bonds. The van der Waals surface area contributed by atoms with Gasteiger partial charge in [0.2, 0.25) is 0 Å². The second-order valence-electron chi connectivity index (χ2n) is 5.95. The lowest BCUT2D eigenvalue weighted by atomic mass is 10.1. The van der Waals surface area contributed by atoms with Crippen LogP contribution in [0.15, 0.2) is 18.2 Å². The third kappa shape index (κ3) is 4.83. The van der Waals surface area contributed by atoms with E-state index in [1.54, 1.807) is 6.07 Å². The third-order valence-electron chi connectivity index (χ3n) is 3.85. The fourth-order valence-electron chi connectivity index (χ4n) is 2.43. The molecule has 0 N–H and O–H groups in total. The molecular formula is C16H22ClIN2O. The van der Waals surface area contributed by atoms with E-state index >= 15 is 0 Å². The molecule has 2 rings (SSSR count). The number of carbonyl (C=O) groups excluding carboxylic acids is 1. The summed E-state index contributed by atoms with van der Waals surface area (Å²) in [7, 11) is 0. The van der Waals surface area contributed by atoms with Gasteiger partial charge in [-0.15, -0.1) is 0 Å². The zero-order valence-corrected chi connectivity index (χ0v) is 15.5. The topological polar surface area (TPSA) is 23.6 Å². The summed E-state index contributed by atoms with van der Waals surface area (Å²) in [6, 6.07) is 5.53. The number of hydrogen-bond acceptors (Lipinski definition) is 2. The van der Waals surface area contributed by atoms with E-state index < -0.39 is 0 Å². The van der Waals surface area contributed by atoms with Gasteiger partial charge in [-0.2, -0.15) is 0 Å². The van der Waals surface area contributed by atoms with Crippen molar-refractivity contribution in [3.63, 3.8) is 0 Å². The molecule has 1 aliphatic rings. The Balaban J connectivity index is 1.89. The fourth-order valence-corrected chi connectivity index (χ4v) is 2.94. The first kappa shape index (κ1) is 17.0. The van der Waals surface area contributed by atoms with Crippen LogP contribution in [0.2, 0.25) is 5.02 Å². The van der Waals surface area contributed by atoms with Gasteiger partial charge in [0.15, 0.2) is 0 Å². The number of hydrogen-bond donors (Lipinski definition) is 0. The SMILES string of the molecule is CC(C)CCN1CCN(C(=O)c2ccc(I)c(Cl)c2)CC1. The lowest BCUT2D eigenvalue weighted by molar-refractivity contribution is 0.0632. The highest BCUT2D eigenvalue weighted by atomic mass is 127. The summed E-state index contributed by atoms with van der Waals surface area (Å²) < 4.78 is 0.976. The maximum absolute atomic E-state index is 12.5. The Morgan fingerprint density at radius 1 is 1.29 bits per heavy atom. The molecule has 1 saturated heterocycles.